The Morgan fingerprint density at radius 2 is 2.00 bits per heavy atom. The second-order valence-electron chi connectivity index (χ2n) is 7.70. The normalized spacial score (nSPS) is 32.1. The fraction of sp³-hybridized carbons (Fsp3) is 0.500. The Bertz CT molecular complexity index is 679. The maximum Gasteiger partial charge on any atom is 0.311 e. The summed E-state index contributed by atoms with van der Waals surface area (Å²) in [6.45, 7) is 4.47. The van der Waals surface area contributed by atoms with Crippen LogP contribution < -0.4 is 0 Å². The van der Waals surface area contributed by atoms with Crippen molar-refractivity contribution in [3.63, 3.8) is 0 Å². The first-order valence-corrected chi connectivity index (χ1v) is 10.1. The maximum atomic E-state index is 12.5. The summed E-state index contributed by atoms with van der Waals surface area (Å²) >= 11 is 1.75. The van der Waals surface area contributed by atoms with Gasteiger partial charge in [0.2, 0.25) is 0 Å². The number of esters is 1. The standard InChI is InChI=1S/C22H28O2S/c1-21-14-8-15-22(2,20(23)24-3)19(21)12-7-9-17(21)13-16-25-18-10-5-4-6-11-18/h4-6,9-11,13,16,19H,7-8,12,14-15H2,1-3H3/b16-13+/t19-,21-,22+/m0/s1. The number of hydrogen-bond donors (Lipinski definition) is 0. The van der Waals surface area contributed by atoms with Crippen molar-refractivity contribution in [3.05, 3.63) is 53.5 Å². The number of ether oxygens (including phenoxy) is 1. The summed E-state index contributed by atoms with van der Waals surface area (Å²) < 4.78 is 5.18. The van der Waals surface area contributed by atoms with Gasteiger partial charge in [0.05, 0.1) is 12.5 Å². The zero-order chi connectivity index (χ0) is 17.9. The molecular weight excluding hydrogens is 328 g/mol. The minimum atomic E-state index is -0.359. The number of carbonyl (C=O) groups is 1. The zero-order valence-corrected chi connectivity index (χ0v) is 16.3. The fourth-order valence-corrected chi connectivity index (χ4v) is 5.60. The van der Waals surface area contributed by atoms with Crippen molar-refractivity contribution in [1.82, 2.24) is 0 Å². The van der Waals surface area contributed by atoms with Crippen LogP contribution in [0.25, 0.3) is 0 Å². The van der Waals surface area contributed by atoms with Gasteiger partial charge in [-0.05, 0) is 67.1 Å². The Morgan fingerprint density at radius 3 is 2.72 bits per heavy atom. The fourth-order valence-electron chi connectivity index (χ4n) is 4.92. The van der Waals surface area contributed by atoms with Crippen molar-refractivity contribution in [2.24, 2.45) is 16.7 Å². The molecule has 2 aliphatic rings. The molecule has 0 amide bonds. The summed E-state index contributed by atoms with van der Waals surface area (Å²) in [6.07, 6.45) is 9.93. The van der Waals surface area contributed by atoms with Crippen molar-refractivity contribution in [3.8, 4) is 0 Å². The van der Waals surface area contributed by atoms with Gasteiger partial charge in [0, 0.05) is 4.90 Å². The Kier molecular flexibility index (Phi) is 5.43. The lowest BCUT2D eigenvalue weighted by Gasteiger charge is -2.53. The molecule has 0 saturated heterocycles. The number of benzene rings is 1. The van der Waals surface area contributed by atoms with Gasteiger partial charge in [0.15, 0.2) is 0 Å². The molecule has 1 saturated carbocycles. The van der Waals surface area contributed by atoms with Gasteiger partial charge < -0.3 is 4.74 Å². The van der Waals surface area contributed by atoms with Crippen molar-refractivity contribution >= 4 is 17.7 Å². The Balaban J connectivity index is 1.82. The van der Waals surface area contributed by atoms with Crippen LogP contribution in [-0.4, -0.2) is 13.1 Å². The molecule has 0 radical (unpaired) electrons. The lowest BCUT2D eigenvalue weighted by atomic mass is 9.50. The predicted molar refractivity (Wildman–Crippen MR) is 104 cm³/mol. The van der Waals surface area contributed by atoms with Gasteiger partial charge in [-0.25, -0.2) is 0 Å². The summed E-state index contributed by atoms with van der Waals surface area (Å²) in [5, 5.41) is 2.19. The molecule has 3 atom stereocenters. The summed E-state index contributed by atoms with van der Waals surface area (Å²) in [4.78, 5) is 13.8. The van der Waals surface area contributed by atoms with Gasteiger partial charge in [-0.1, -0.05) is 55.5 Å². The molecule has 0 heterocycles. The number of allylic oxidation sites excluding steroid dienone is 3. The molecule has 0 N–H and O–H groups in total. The SMILES string of the molecule is COC(=O)[C@]1(C)CCC[C@@]2(C)C(/C=C/Sc3ccccc3)=CCC[C@H]12. The van der Waals surface area contributed by atoms with Crippen molar-refractivity contribution in [2.45, 2.75) is 50.8 Å². The monoisotopic (exact) mass is 356 g/mol. The van der Waals surface area contributed by atoms with Gasteiger partial charge in [-0.3, -0.25) is 4.79 Å². The van der Waals surface area contributed by atoms with Gasteiger partial charge in [-0.15, -0.1) is 0 Å². The van der Waals surface area contributed by atoms with E-state index in [0.29, 0.717) is 5.92 Å². The average Bonchev–Trinajstić information content (AvgIpc) is 2.62. The average molecular weight is 357 g/mol. The van der Waals surface area contributed by atoms with E-state index in [0.717, 1.165) is 32.1 Å². The summed E-state index contributed by atoms with van der Waals surface area (Å²) in [5.74, 6) is 0.319. The number of carbonyl (C=O) groups excluding carboxylic acids is 1. The molecule has 0 unspecified atom stereocenters. The van der Waals surface area contributed by atoms with Crippen LogP contribution in [0.1, 0.15) is 46.0 Å². The number of fused-ring (bicyclic) bond motifs is 1. The van der Waals surface area contributed by atoms with Crippen LogP contribution in [0.15, 0.2) is 58.4 Å². The highest BCUT2D eigenvalue weighted by Gasteiger charge is 2.54. The Morgan fingerprint density at radius 1 is 1.24 bits per heavy atom. The van der Waals surface area contributed by atoms with Crippen LogP contribution >= 0.6 is 11.8 Å². The molecule has 0 spiro atoms. The second kappa shape index (κ2) is 7.41. The quantitative estimate of drug-likeness (QED) is 0.489. The summed E-state index contributed by atoms with van der Waals surface area (Å²) in [6, 6.07) is 10.4. The second-order valence-corrected chi connectivity index (χ2v) is 8.68. The van der Waals surface area contributed by atoms with E-state index in [1.807, 2.05) is 6.07 Å². The first-order chi connectivity index (χ1) is 12.0. The number of methoxy groups -OCH3 is 1. The third-order valence-electron chi connectivity index (χ3n) is 6.26. The molecule has 0 aliphatic heterocycles. The first-order valence-electron chi connectivity index (χ1n) is 9.18. The Hall–Kier alpha value is -1.48. The third kappa shape index (κ3) is 3.44. The van der Waals surface area contributed by atoms with Crippen LogP contribution in [-0.2, 0) is 9.53 Å². The molecular formula is C22H28O2S. The summed E-state index contributed by atoms with van der Waals surface area (Å²) in [5.41, 5.74) is 1.09. The molecule has 0 bridgehead atoms. The van der Waals surface area contributed by atoms with Gasteiger partial charge in [-0.2, -0.15) is 0 Å². The van der Waals surface area contributed by atoms with E-state index < -0.39 is 0 Å². The number of rotatable bonds is 4. The van der Waals surface area contributed by atoms with Crippen LogP contribution in [0.3, 0.4) is 0 Å². The van der Waals surface area contributed by atoms with E-state index in [1.165, 1.54) is 17.6 Å². The van der Waals surface area contributed by atoms with E-state index in [9.17, 15) is 4.79 Å². The topological polar surface area (TPSA) is 26.3 Å². The van der Waals surface area contributed by atoms with Crippen molar-refractivity contribution in [1.29, 1.82) is 0 Å². The summed E-state index contributed by atoms with van der Waals surface area (Å²) in [7, 11) is 1.52. The molecule has 3 heteroatoms. The van der Waals surface area contributed by atoms with E-state index in [2.05, 4.69) is 55.7 Å². The predicted octanol–water partition coefficient (Wildman–Crippen LogP) is 6.00. The van der Waals surface area contributed by atoms with E-state index in [1.54, 1.807) is 11.8 Å². The van der Waals surface area contributed by atoms with Gasteiger partial charge >= 0.3 is 5.97 Å². The molecule has 2 aliphatic carbocycles. The van der Waals surface area contributed by atoms with Crippen LogP contribution in [0.4, 0.5) is 0 Å². The molecule has 2 nitrogen and oxygen atoms in total. The lowest BCUT2D eigenvalue weighted by Crippen LogP contribution is -2.50. The van der Waals surface area contributed by atoms with Crippen molar-refractivity contribution in [2.75, 3.05) is 7.11 Å². The highest BCUT2D eigenvalue weighted by atomic mass is 32.2. The first kappa shape index (κ1) is 18.3. The lowest BCUT2D eigenvalue weighted by molar-refractivity contribution is -0.162. The van der Waals surface area contributed by atoms with E-state index >= 15 is 0 Å². The van der Waals surface area contributed by atoms with Gasteiger partial charge in [0.25, 0.3) is 0 Å². The smallest absolute Gasteiger partial charge is 0.311 e. The highest BCUT2D eigenvalue weighted by molar-refractivity contribution is 8.02. The molecule has 1 aromatic rings. The molecule has 1 fully saturated rings. The maximum absolute atomic E-state index is 12.5. The van der Waals surface area contributed by atoms with Crippen LogP contribution in [0, 0.1) is 16.7 Å². The van der Waals surface area contributed by atoms with Crippen LogP contribution in [0.2, 0.25) is 0 Å². The largest absolute Gasteiger partial charge is 0.469 e. The number of thioether (sulfide) groups is 1. The molecule has 0 aromatic heterocycles. The zero-order valence-electron chi connectivity index (χ0n) is 15.5. The Labute approximate surface area is 155 Å². The van der Waals surface area contributed by atoms with E-state index in [-0.39, 0.29) is 16.8 Å². The minimum absolute atomic E-state index is 0.0349. The van der Waals surface area contributed by atoms with Crippen molar-refractivity contribution < 1.29 is 9.53 Å². The van der Waals surface area contributed by atoms with E-state index in [4.69, 9.17) is 4.74 Å². The van der Waals surface area contributed by atoms with Gasteiger partial charge in [0.1, 0.15) is 0 Å². The molecule has 1 aromatic carbocycles. The van der Waals surface area contributed by atoms with Crippen LogP contribution in [0.5, 0.6) is 0 Å². The number of hydrogen-bond acceptors (Lipinski definition) is 3. The molecule has 3 rings (SSSR count). The highest BCUT2D eigenvalue weighted by Crippen LogP contribution is 2.59. The molecule has 134 valence electrons. The third-order valence-corrected chi connectivity index (χ3v) is 7.07. The minimum Gasteiger partial charge on any atom is -0.469 e. The molecule has 25 heavy (non-hydrogen) atoms.